The van der Waals surface area contributed by atoms with Gasteiger partial charge in [-0.25, -0.2) is 0 Å². The van der Waals surface area contributed by atoms with Crippen LogP contribution in [0.15, 0.2) is 30.3 Å². The average Bonchev–Trinajstić information content (AvgIpc) is 2.87. The molecule has 1 N–H and O–H groups in total. The smallest absolute Gasteiger partial charge is 0.308 e. The Kier molecular flexibility index (Phi) is 3.82. The van der Waals surface area contributed by atoms with Gasteiger partial charge in [-0.3, -0.25) is 9.59 Å². The summed E-state index contributed by atoms with van der Waals surface area (Å²) < 4.78 is 5.34. The number of carbonyl (C=O) groups excluding carboxylic acids is 1. The van der Waals surface area contributed by atoms with Crippen LogP contribution in [-0.2, 0) is 9.59 Å². The summed E-state index contributed by atoms with van der Waals surface area (Å²) in [5.41, 5.74) is 0. The number of carbonyl (C=O) groups is 2. The van der Waals surface area contributed by atoms with E-state index in [0.29, 0.717) is 18.7 Å². The van der Waals surface area contributed by atoms with E-state index in [4.69, 9.17) is 9.84 Å². The molecule has 1 unspecified atom stereocenters. The van der Waals surface area contributed by atoms with Crippen LogP contribution in [0.2, 0.25) is 0 Å². The van der Waals surface area contributed by atoms with Crippen LogP contribution in [0.3, 0.4) is 0 Å². The first-order chi connectivity index (χ1) is 8.66. The highest BCUT2D eigenvalue weighted by molar-refractivity contribution is 5.79. The molecule has 0 saturated carbocycles. The molecule has 0 spiro atoms. The lowest BCUT2D eigenvalue weighted by Crippen LogP contribution is -2.33. The largest absolute Gasteiger partial charge is 0.484 e. The Hall–Kier alpha value is -2.04. The van der Waals surface area contributed by atoms with Crippen LogP contribution in [0, 0.1) is 5.92 Å². The fourth-order valence-corrected chi connectivity index (χ4v) is 1.94. The highest BCUT2D eigenvalue weighted by Gasteiger charge is 2.30. The summed E-state index contributed by atoms with van der Waals surface area (Å²) in [6, 6.07) is 9.08. The molecule has 1 aliphatic rings. The summed E-state index contributed by atoms with van der Waals surface area (Å²) in [7, 11) is 0. The quantitative estimate of drug-likeness (QED) is 0.864. The van der Waals surface area contributed by atoms with Crippen LogP contribution in [-0.4, -0.2) is 41.6 Å². The molecule has 1 amide bonds. The number of ether oxygens (including phenoxy) is 1. The molecule has 5 nitrogen and oxygen atoms in total. The molecule has 1 aromatic carbocycles. The number of hydrogen-bond donors (Lipinski definition) is 1. The van der Waals surface area contributed by atoms with E-state index in [1.165, 1.54) is 0 Å². The molecular weight excluding hydrogens is 234 g/mol. The van der Waals surface area contributed by atoms with Gasteiger partial charge in [-0.05, 0) is 18.6 Å². The number of carboxylic acid groups (broad SMARTS) is 1. The Morgan fingerprint density at radius 2 is 2.06 bits per heavy atom. The van der Waals surface area contributed by atoms with Gasteiger partial charge < -0.3 is 14.7 Å². The molecule has 1 fully saturated rings. The molecule has 1 atom stereocenters. The van der Waals surface area contributed by atoms with Crippen LogP contribution in [0.5, 0.6) is 5.75 Å². The molecular formula is C13H15NO4. The zero-order valence-corrected chi connectivity index (χ0v) is 9.91. The van der Waals surface area contributed by atoms with Gasteiger partial charge in [-0.1, -0.05) is 18.2 Å². The molecule has 5 heteroatoms. The molecule has 1 saturated heterocycles. The first kappa shape index (κ1) is 12.4. The summed E-state index contributed by atoms with van der Waals surface area (Å²) >= 11 is 0. The van der Waals surface area contributed by atoms with Crippen LogP contribution in [0.1, 0.15) is 6.42 Å². The van der Waals surface area contributed by atoms with E-state index in [1.807, 2.05) is 18.2 Å². The van der Waals surface area contributed by atoms with Gasteiger partial charge in [0.1, 0.15) is 5.75 Å². The van der Waals surface area contributed by atoms with E-state index in [-0.39, 0.29) is 19.1 Å². The summed E-state index contributed by atoms with van der Waals surface area (Å²) in [5.74, 6) is -0.803. The van der Waals surface area contributed by atoms with Gasteiger partial charge in [0, 0.05) is 13.1 Å². The lowest BCUT2D eigenvalue weighted by Gasteiger charge is -2.16. The molecule has 96 valence electrons. The van der Waals surface area contributed by atoms with E-state index < -0.39 is 11.9 Å². The van der Waals surface area contributed by atoms with E-state index >= 15 is 0 Å². The normalized spacial score (nSPS) is 18.7. The second-order valence-electron chi connectivity index (χ2n) is 4.27. The number of hydrogen-bond acceptors (Lipinski definition) is 3. The standard InChI is InChI=1S/C13H15NO4/c15-12(9-18-11-4-2-1-3-5-11)14-7-6-10(8-14)13(16)17/h1-5,10H,6-9H2,(H,16,17). The number of benzene rings is 1. The third-order valence-electron chi connectivity index (χ3n) is 3.00. The molecule has 0 bridgehead atoms. The van der Waals surface area contributed by atoms with Crippen molar-refractivity contribution >= 4 is 11.9 Å². The summed E-state index contributed by atoms with van der Waals surface area (Å²) in [4.78, 5) is 24.1. The minimum atomic E-state index is -0.839. The topological polar surface area (TPSA) is 66.8 Å². The Labute approximate surface area is 105 Å². The fraction of sp³-hybridized carbons (Fsp3) is 0.385. The van der Waals surface area contributed by atoms with Gasteiger partial charge in [0.25, 0.3) is 5.91 Å². The summed E-state index contributed by atoms with van der Waals surface area (Å²) in [5, 5.41) is 8.85. The zero-order valence-electron chi connectivity index (χ0n) is 9.91. The maximum absolute atomic E-state index is 11.8. The van der Waals surface area contributed by atoms with Crippen LogP contribution < -0.4 is 4.74 Å². The maximum Gasteiger partial charge on any atom is 0.308 e. The van der Waals surface area contributed by atoms with Gasteiger partial charge in [0.2, 0.25) is 0 Å². The van der Waals surface area contributed by atoms with Crippen LogP contribution >= 0.6 is 0 Å². The van der Waals surface area contributed by atoms with Crippen molar-refractivity contribution in [1.29, 1.82) is 0 Å². The van der Waals surface area contributed by atoms with Crippen molar-refractivity contribution in [3.05, 3.63) is 30.3 Å². The number of aliphatic carboxylic acids is 1. The number of carboxylic acids is 1. The molecule has 2 rings (SSSR count). The number of rotatable bonds is 4. The third kappa shape index (κ3) is 3.00. The van der Waals surface area contributed by atoms with Crippen molar-refractivity contribution in [2.45, 2.75) is 6.42 Å². The minimum Gasteiger partial charge on any atom is -0.484 e. The Morgan fingerprint density at radius 3 is 2.67 bits per heavy atom. The predicted octanol–water partition coefficient (Wildman–Crippen LogP) is 0.998. The second kappa shape index (κ2) is 5.53. The summed E-state index contributed by atoms with van der Waals surface area (Å²) in [6.45, 7) is 0.733. The molecule has 0 aliphatic carbocycles. The second-order valence-corrected chi connectivity index (χ2v) is 4.27. The number of nitrogens with zero attached hydrogens (tertiary/aromatic N) is 1. The Balaban J connectivity index is 1.81. The van der Waals surface area contributed by atoms with E-state index in [0.717, 1.165) is 0 Å². The highest BCUT2D eigenvalue weighted by atomic mass is 16.5. The number of amides is 1. The maximum atomic E-state index is 11.8. The van der Waals surface area contributed by atoms with Crippen LogP contribution in [0.25, 0.3) is 0 Å². The van der Waals surface area contributed by atoms with Gasteiger partial charge in [-0.15, -0.1) is 0 Å². The van der Waals surface area contributed by atoms with E-state index in [1.54, 1.807) is 17.0 Å². The Morgan fingerprint density at radius 1 is 1.33 bits per heavy atom. The molecule has 0 aromatic heterocycles. The number of likely N-dealkylation sites (tertiary alicyclic amines) is 1. The highest BCUT2D eigenvalue weighted by Crippen LogP contribution is 2.16. The van der Waals surface area contributed by atoms with Gasteiger partial charge in [0.15, 0.2) is 6.61 Å². The SMILES string of the molecule is O=C(O)C1CCN(C(=O)COc2ccccc2)C1. The fourth-order valence-electron chi connectivity index (χ4n) is 1.94. The third-order valence-corrected chi connectivity index (χ3v) is 3.00. The summed E-state index contributed by atoms with van der Waals surface area (Å²) in [6.07, 6.45) is 0.520. The average molecular weight is 249 g/mol. The lowest BCUT2D eigenvalue weighted by molar-refractivity contribution is -0.141. The molecule has 18 heavy (non-hydrogen) atoms. The van der Waals surface area contributed by atoms with E-state index in [2.05, 4.69) is 0 Å². The monoisotopic (exact) mass is 249 g/mol. The van der Waals surface area contributed by atoms with Crippen molar-refractivity contribution in [1.82, 2.24) is 4.90 Å². The Bertz CT molecular complexity index is 432. The minimum absolute atomic E-state index is 0.0453. The van der Waals surface area contributed by atoms with E-state index in [9.17, 15) is 9.59 Å². The van der Waals surface area contributed by atoms with Crippen molar-refractivity contribution in [3.63, 3.8) is 0 Å². The molecule has 0 radical (unpaired) electrons. The zero-order chi connectivity index (χ0) is 13.0. The molecule has 1 heterocycles. The molecule has 1 aliphatic heterocycles. The predicted molar refractivity (Wildman–Crippen MR) is 64.3 cm³/mol. The van der Waals surface area contributed by atoms with Gasteiger partial charge in [-0.2, -0.15) is 0 Å². The van der Waals surface area contributed by atoms with Crippen molar-refractivity contribution in [2.24, 2.45) is 5.92 Å². The van der Waals surface area contributed by atoms with Crippen molar-refractivity contribution in [2.75, 3.05) is 19.7 Å². The van der Waals surface area contributed by atoms with Gasteiger partial charge in [0.05, 0.1) is 5.92 Å². The van der Waals surface area contributed by atoms with Crippen LogP contribution in [0.4, 0.5) is 0 Å². The van der Waals surface area contributed by atoms with Crippen molar-refractivity contribution < 1.29 is 19.4 Å². The number of para-hydroxylation sites is 1. The molecule has 1 aromatic rings. The van der Waals surface area contributed by atoms with Crippen molar-refractivity contribution in [3.8, 4) is 5.75 Å². The first-order valence-electron chi connectivity index (χ1n) is 5.85. The first-order valence-corrected chi connectivity index (χ1v) is 5.85. The van der Waals surface area contributed by atoms with Gasteiger partial charge >= 0.3 is 5.97 Å². The lowest BCUT2D eigenvalue weighted by atomic mass is 10.1.